The van der Waals surface area contributed by atoms with Crippen molar-refractivity contribution in [1.82, 2.24) is 19.6 Å². The highest BCUT2D eigenvalue weighted by Crippen LogP contribution is 2.21. The predicted molar refractivity (Wildman–Crippen MR) is 203 cm³/mol. The summed E-state index contributed by atoms with van der Waals surface area (Å²) in [5.41, 5.74) is 8.87. The third-order valence-corrected chi connectivity index (χ3v) is 8.87. The molecule has 0 radical (unpaired) electrons. The average molecular weight is 672 g/mol. The largest absolute Gasteiger partial charge is 0.324 e. The molecule has 3 N–H and O–H groups in total. The fraction of sp³-hybridized carbons (Fsp3) is 0.462. The van der Waals surface area contributed by atoms with Crippen molar-refractivity contribution >= 4 is 34.8 Å². The fourth-order valence-electron chi connectivity index (χ4n) is 5.82. The first-order valence-electron chi connectivity index (χ1n) is 17.1. The van der Waals surface area contributed by atoms with Crippen LogP contribution in [0.1, 0.15) is 33.4 Å². The van der Waals surface area contributed by atoms with Crippen LogP contribution in [0.4, 0.5) is 17.1 Å². The quantitative estimate of drug-likeness (QED) is 0.178. The Morgan fingerprint density at radius 2 is 0.653 bits per heavy atom. The number of amides is 3. The number of likely N-dealkylation sites (N-methyl/N-ethyl adjacent to an activating group) is 3. The van der Waals surface area contributed by atoms with Crippen LogP contribution in [0.15, 0.2) is 54.6 Å². The second-order valence-electron chi connectivity index (χ2n) is 13.5. The Labute approximate surface area is 293 Å². The van der Waals surface area contributed by atoms with Crippen LogP contribution in [0.2, 0.25) is 0 Å². The monoisotopic (exact) mass is 671 g/mol. The molecule has 49 heavy (non-hydrogen) atoms. The third kappa shape index (κ3) is 13.0. The Morgan fingerprint density at radius 1 is 0.429 bits per heavy atom. The van der Waals surface area contributed by atoms with Crippen molar-refractivity contribution in [2.24, 2.45) is 0 Å². The Morgan fingerprint density at radius 3 is 0.878 bits per heavy atom. The van der Waals surface area contributed by atoms with Gasteiger partial charge in [0.15, 0.2) is 0 Å². The van der Waals surface area contributed by atoms with Crippen molar-refractivity contribution in [3.63, 3.8) is 0 Å². The highest BCUT2D eigenvalue weighted by Gasteiger charge is 2.16. The summed E-state index contributed by atoms with van der Waals surface area (Å²) in [6.07, 6.45) is 0. The molecule has 3 aromatic rings. The van der Waals surface area contributed by atoms with Crippen molar-refractivity contribution in [3.8, 4) is 0 Å². The normalized spacial score (nSPS) is 11.4. The van der Waals surface area contributed by atoms with Crippen molar-refractivity contribution in [3.05, 3.63) is 88.0 Å². The Bertz CT molecular complexity index is 1330. The molecule has 3 aromatic carbocycles. The molecule has 10 nitrogen and oxygen atoms in total. The molecule has 0 aliphatic rings. The van der Waals surface area contributed by atoms with Crippen LogP contribution in [-0.4, -0.2) is 117 Å². The number of nitrogens with zero attached hydrogens (tertiary/aromatic N) is 4. The van der Waals surface area contributed by atoms with Gasteiger partial charge in [-0.25, -0.2) is 0 Å². The lowest BCUT2D eigenvalue weighted by Crippen LogP contribution is -2.44. The molecule has 3 rings (SSSR count). The van der Waals surface area contributed by atoms with E-state index in [1.807, 2.05) is 132 Å². The van der Waals surface area contributed by atoms with E-state index in [9.17, 15) is 14.4 Å². The van der Waals surface area contributed by atoms with Crippen LogP contribution < -0.4 is 16.0 Å². The van der Waals surface area contributed by atoms with Gasteiger partial charge in [-0.05, 0) is 96.1 Å². The average Bonchev–Trinajstić information content (AvgIpc) is 3.02. The lowest BCUT2D eigenvalue weighted by molar-refractivity contribution is -0.117. The first-order valence-corrected chi connectivity index (χ1v) is 17.1. The highest BCUT2D eigenvalue weighted by atomic mass is 16.2. The summed E-state index contributed by atoms with van der Waals surface area (Å²) in [5, 5.41) is 9.24. The molecule has 0 aliphatic heterocycles. The Balaban J connectivity index is 1.56. The van der Waals surface area contributed by atoms with Crippen LogP contribution in [0.3, 0.4) is 0 Å². The summed E-state index contributed by atoms with van der Waals surface area (Å²) < 4.78 is 0. The molecule has 0 heterocycles. The summed E-state index contributed by atoms with van der Waals surface area (Å²) in [4.78, 5) is 47.1. The van der Waals surface area contributed by atoms with E-state index in [1.54, 1.807) is 0 Å². The zero-order chi connectivity index (χ0) is 36.1. The highest BCUT2D eigenvalue weighted by molar-refractivity contribution is 5.95. The number of nitrogens with one attached hydrogen (secondary N) is 3. The van der Waals surface area contributed by atoms with Crippen molar-refractivity contribution in [2.75, 3.05) is 96.0 Å². The van der Waals surface area contributed by atoms with Crippen LogP contribution in [0, 0.1) is 41.5 Å². The Kier molecular flexibility index (Phi) is 15.4. The standard InChI is InChI=1S/C39H57N7O3/c1-28-13-10-14-29(2)37(28)40-34(47)25-43(7)19-22-46(23-20-44(8)26-35(48)41-38-30(3)15-11-16-31(38)4)24-21-45(9)27-36(49)42-39-32(5)17-12-18-33(39)6/h10-18H,19-27H2,1-9H3,(H,40,47)(H,41,48)(H,42,49). The molecule has 266 valence electrons. The van der Waals surface area contributed by atoms with Crippen molar-refractivity contribution in [1.29, 1.82) is 0 Å². The Hall–Kier alpha value is -4.09. The van der Waals surface area contributed by atoms with Gasteiger partial charge in [0.2, 0.25) is 17.7 Å². The molecule has 0 bridgehead atoms. The molecule has 10 heteroatoms. The van der Waals surface area contributed by atoms with E-state index in [2.05, 4.69) is 20.9 Å². The van der Waals surface area contributed by atoms with Gasteiger partial charge in [0.05, 0.1) is 19.6 Å². The van der Waals surface area contributed by atoms with Gasteiger partial charge < -0.3 is 16.0 Å². The molecular formula is C39H57N7O3. The number of aryl methyl sites for hydroxylation is 6. The maximum atomic E-state index is 12.9. The molecule has 0 atom stereocenters. The lowest BCUT2D eigenvalue weighted by atomic mass is 10.1. The van der Waals surface area contributed by atoms with Gasteiger partial charge in [0, 0.05) is 56.3 Å². The maximum Gasteiger partial charge on any atom is 0.238 e. The second kappa shape index (κ2) is 19.2. The summed E-state index contributed by atoms with van der Waals surface area (Å²) in [5.74, 6) is -0.137. The minimum absolute atomic E-state index is 0.0456. The molecular weight excluding hydrogens is 614 g/mol. The first kappa shape index (κ1) is 39.3. The van der Waals surface area contributed by atoms with Gasteiger partial charge in [0.25, 0.3) is 0 Å². The second-order valence-corrected chi connectivity index (χ2v) is 13.5. The number of carbonyl (C=O) groups is 3. The summed E-state index contributed by atoms with van der Waals surface area (Å²) in [7, 11) is 5.86. The van der Waals surface area contributed by atoms with Crippen molar-refractivity contribution in [2.45, 2.75) is 41.5 Å². The van der Waals surface area contributed by atoms with Crippen LogP contribution >= 0.6 is 0 Å². The maximum absolute atomic E-state index is 12.9. The van der Waals surface area contributed by atoms with Gasteiger partial charge in [-0.3, -0.25) is 34.0 Å². The molecule has 0 unspecified atom stereocenters. The fourth-order valence-corrected chi connectivity index (χ4v) is 5.82. The van der Waals surface area contributed by atoms with E-state index < -0.39 is 0 Å². The zero-order valence-corrected chi connectivity index (χ0v) is 31.1. The summed E-state index contributed by atoms with van der Waals surface area (Å²) >= 11 is 0. The van der Waals surface area contributed by atoms with E-state index in [-0.39, 0.29) is 37.4 Å². The number of hydrogen-bond acceptors (Lipinski definition) is 7. The molecule has 3 amide bonds. The molecule has 0 aromatic heterocycles. The van der Waals surface area contributed by atoms with Crippen molar-refractivity contribution < 1.29 is 14.4 Å². The topological polar surface area (TPSA) is 100 Å². The summed E-state index contributed by atoms with van der Waals surface area (Å²) in [6, 6.07) is 18.0. The van der Waals surface area contributed by atoms with Gasteiger partial charge in [-0.2, -0.15) is 0 Å². The number of rotatable bonds is 18. The molecule has 0 saturated heterocycles. The number of anilines is 3. The van der Waals surface area contributed by atoms with E-state index in [0.29, 0.717) is 19.6 Å². The van der Waals surface area contributed by atoms with Crippen LogP contribution in [0.25, 0.3) is 0 Å². The van der Waals surface area contributed by atoms with E-state index >= 15 is 0 Å². The molecule has 0 spiro atoms. The third-order valence-electron chi connectivity index (χ3n) is 8.87. The summed E-state index contributed by atoms with van der Waals surface area (Å²) in [6.45, 7) is 17.1. The van der Waals surface area contributed by atoms with E-state index in [0.717, 1.165) is 70.1 Å². The minimum atomic E-state index is -0.0456. The zero-order valence-electron chi connectivity index (χ0n) is 31.1. The van der Waals surface area contributed by atoms with E-state index in [1.165, 1.54) is 0 Å². The minimum Gasteiger partial charge on any atom is -0.324 e. The molecule has 0 fully saturated rings. The van der Waals surface area contributed by atoms with Gasteiger partial charge in [-0.1, -0.05) is 54.6 Å². The lowest BCUT2D eigenvalue weighted by Gasteiger charge is -2.29. The molecule has 0 saturated carbocycles. The SMILES string of the molecule is Cc1cccc(C)c1NC(=O)CN(C)CCN(CCN(C)CC(=O)Nc1c(C)cccc1C)CCN(C)CC(=O)Nc1c(C)cccc1C. The number of carbonyl (C=O) groups excluding carboxylic acids is 3. The van der Waals surface area contributed by atoms with Crippen LogP contribution in [-0.2, 0) is 14.4 Å². The number of para-hydroxylation sites is 3. The van der Waals surface area contributed by atoms with Crippen LogP contribution in [0.5, 0.6) is 0 Å². The predicted octanol–water partition coefficient (Wildman–Crippen LogP) is 4.85. The van der Waals surface area contributed by atoms with Gasteiger partial charge >= 0.3 is 0 Å². The van der Waals surface area contributed by atoms with Gasteiger partial charge in [0.1, 0.15) is 0 Å². The number of benzene rings is 3. The number of hydrogen-bond donors (Lipinski definition) is 3. The van der Waals surface area contributed by atoms with E-state index in [4.69, 9.17) is 0 Å². The molecule has 0 aliphatic carbocycles. The first-order chi connectivity index (χ1) is 23.2. The smallest absolute Gasteiger partial charge is 0.238 e. The van der Waals surface area contributed by atoms with Gasteiger partial charge in [-0.15, -0.1) is 0 Å².